The van der Waals surface area contributed by atoms with Crippen LogP contribution in [0.3, 0.4) is 0 Å². The number of anilines is 1. The molecule has 6 nitrogen and oxygen atoms in total. The summed E-state index contributed by atoms with van der Waals surface area (Å²) in [7, 11) is -2.96. The molecule has 0 spiro atoms. The Bertz CT molecular complexity index is 1250. The predicted octanol–water partition coefficient (Wildman–Crippen LogP) is 4.90. The Balaban J connectivity index is 1.64. The van der Waals surface area contributed by atoms with Gasteiger partial charge in [0.1, 0.15) is 12.4 Å². The summed E-state index contributed by atoms with van der Waals surface area (Å²) >= 11 is 0. The van der Waals surface area contributed by atoms with E-state index in [1.165, 1.54) is 0 Å². The molecule has 1 aliphatic rings. The topological polar surface area (TPSA) is 81.1 Å². The lowest BCUT2D eigenvalue weighted by Gasteiger charge is -2.20. The van der Waals surface area contributed by atoms with Gasteiger partial charge in [-0.2, -0.15) is 0 Å². The number of sulfone groups is 1. The molecule has 0 aliphatic carbocycles. The Hall–Kier alpha value is -2.67. The van der Waals surface area contributed by atoms with Crippen molar-refractivity contribution in [1.82, 2.24) is 9.55 Å². The summed E-state index contributed by atoms with van der Waals surface area (Å²) in [4.78, 5) is 18.1. The standard InChI is InChI=1S/C26H33N3O3S/c1-17(2)20-8-7-9-21(18(3)4)26(20)28-25(30)15-29-23-11-6-5-10-22(23)27-24(29)14-19-12-13-33(31,32)16-19/h5-11,17-19H,12-16H2,1-4H3,(H,28,30). The minimum Gasteiger partial charge on any atom is -0.324 e. The molecule has 0 radical (unpaired) electrons. The first-order chi connectivity index (χ1) is 15.6. The fraction of sp³-hybridized carbons (Fsp3) is 0.462. The lowest BCUT2D eigenvalue weighted by atomic mass is 9.92. The molecule has 176 valence electrons. The average Bonchev–Trinajstić information content (AvgIpc) is 3.27. The number of para-hydroxylation sites is 3. The van der Waals surface area contributed by atoms with Crippen molar-refractivity contribution in [3.63, 3.8) is 0 Å². The van der Waals surface area contributed by atoms with E-state index in [0.717, 1.165) is 33.7 Å². The molecule has 1 saturated heterocycles. The molecule has 2 aromatic carbocycles. The van der Waals surface area contributed by atoms with Crippen molar-refractivity contribution in [3.05, 3.63) is 59.4 Å². The summed E-state index contributed by atoms with van der Waals surface area (Å²) in [5.41, 5.74) is 4.87. The summed E-state index contributed by atoms with van der Waals surface area (Å²) in [6.07, 6.45) is 1.21. The van der Waals surface area contributed by atoms with Gasteiger partial charge in [0.2, 0.25) is 5.91 Å². The van der Waals surface area contributed by atoms with Gasteiger partial charge in [0.25, 0.3) is 0 Å². The summed E-state index contributed by atoms with van der Waals surface area (Å²) in [6, 6.07) is 14.0. The highest BCUT2D eigenvalue weighted by molar-refractivity contribution is 7.91. The summed E-state index contributed by atoms with van der Waals surface area (Å²) in [5, 5.41) is 3.20. The first-order valence-corrected chi connectivity index (χ1v) is 13.5. The molecule has 1 fully saturated rings. The third-order valence-corrected chi connectivity index (χ3v) is 8.31. The van der Waals surface area contributed by atoms with Crippen LogP contribution in [0, 0.1) is 5.92 Å². The normalized spacial score (nSPS) is 17.8. The fourth-order valence-corrected chi connectivity index (χ4v) is 6.63. The number of nitrogens with one attached hydrogen (secondary N) is 1. The van der Waals surface area contributed by atoms with E-state index in [-0.39, 0.29) is 41.7 Å². The van der Waals surface area contributed by atoms with Crippen molar-refractivity contribution in [1.29, 1.82) is 0 Å². The van der Waals surface area contributed by atoms with Gasteiger partial charge in [-0.25, -0.2) is 13.4 Å². The van der Waals surface area contributed by atoms with Crippen LogP contribution in [0.1, 0.15) is 62.9 Å². The largest absolute Gasteiger partial charge is 0.324 e. The molecule has 0 saturated carbocycles. The lowest BCUT2D eigenvalue weighted by molar-refractivity contribution is -0.116. The van der Waals surface area contributed by atoms with Crippen LogP contribution in [-0.2, 0) is 27.6 Å². The minimum atomic E-state index is -2.96. The zero-order chi connectivity index (χ0) is 23.8. The molecule has 1 N–H and O–H groups in total. The zero-order valence-corrected chi connectivity index (χ0v) is 20.7. The highest BCUT2D eigenvalue weighted by atomic mass is 32.2. The first-order valence-electron chi connectivity index (χ1n) is 11.7. The zero-order valence-electron chi connectivity index (χ0n) is 19.8. The van der Waals surface area contributed by atoms with E-state index in [1.54, 1.807) is 0 Å². The number of carbonyl (C=O) groups excluding carboxylic acids is 1. The van der Waals surface area contributed by atoms with Crippen LogP contribution in [0.15, 0.2) is 42.5 Å². The quantitative estimate of drug-likeness (QED) is 0.536. The highest BCUT2D eigenvalue weighted by Gasteiger charge is 2.29. The maximum absolute atomic E-state index is 13.3. The van der Waals surface area contributed by atoms with Crippen LogP contribution in [0.5, 0.6) is 0 Å². The molecule has 0 bridgehead atoms. The average molecular weight is 468 g/mol. The van der Waals surface area contributed by atoms with Crippen LogP contribution in [-0.4, -0.2) is 35.4 Å². The van der Waals surface area contributed by atoms with E-state index < -0.39 is 9.84 Å². The van der Waals surface area contributed by atoms with Crippen molar-refractivity contribution in [2.75, 3.05) is 16.8 Å². The number of benzene rings is 2. The second kappa shape index (κ2) is 9.29. The van der Waals surface area contributed by atoms with Gasteiger partial charge in [0, 0.05) is 12.1 Å². The first kappa shape index (κ1) is 23.5. The number of hydrogen-bond donors (Lipinski definition) is 1. The van der Waals surface area contributed by atoms with Crippen LogP contribution in [0.25, 0.3) is 11.0 Å². The molecule has 1 aromatic heterocycles. The smallest absolute Gasteiger partial charge is 0.244 e. The third-order valence-electron chi connectivity index (χ3n) is 6.47. The Morgan fingerprint density at radius 2 is 1.73 bits per heavy atom. The number of amides is 1. The van der Waals surface area contributed by atoms with Crippen molar-refractivity contribution in [2.24, 2.45) is 5.92 Å². The summed E-state index contributed by atoms with van der Waals surface area (Å²) < 4.78 is 25.9. The molecule has 2 heterocycles. The minimum absolute atomic E-state index is 0.0443. The monoisotopic (exact) mass is 467 g/mol. The van der Waals surface area contributed by atoms with Gasteiger partial charge in [-0.3, -0.25) is 4.79 Å². The number of hydrogen-bond acceptors (Lipinski definition) is 4. The van der Waals surface area contributed by atoms with Crippen molar-refractivity contribution >= 4 is 32.5 Å². The summed E-state index contributed by atoms with van der Waals surface area (Å²) in [6.45, 7) is 8.66. The number of imidazole rings is 1. The molecule has 4 rings (SSSR count). The van der Waals surface area contributed by atoms with Crippen LogP contribution >= 0.6 is 0 Å². The Kier molecular flexibility index (Phi) is 6.61. The molecule has 1 aliphatic heterocycles. The maximum Gasteiger partial charge on any atom is 0.244 e. The number of carbonyl (C=O) groups is 1. The second-order valence-electron chi connectivity index (χ2n) is 9.75. The van der Waals surface area contributed by atoms with Crippen LogP contribution in [0.2, 0.25) is 0 Å². The Morgan fingerprint density at radius 3 is 2.33 bits per heavy atom. The van der Waals surface area contributed by atoms with E-state index in [2.05, 4.69) is 51.2 Å². The second-order valence-corrected chi connectivity index (χ2v) is 12.0. The van der Waals surface area contributed by atoms with E-state index in [1.807, 2.05) is 28.8 Å². The molecular weight excluding hydrogens is 434 g/mol. The lowest BCUT2D eigenvalue weighted by Crippen LogP contribution is -2.23. The van der Waals surface area contributed by atoms with E-state index in [9.17, 15) is 13.2 Å². The Morgan fingerprint density at radius 1 is 1.06 bits per heavy atom. The van der Waals surface area contributed by atoms with Crippen molar-refractivity contribution in [2.45, 2.75) is 58.9 Å². The number of fused-ring (bicyclic) bond motifs is 1. The van der Waals surface area contributed by atoms with Crippen LogP contribution < -0.4 is 5.32 Å². The van der Waals surface area contributed by atoms with Gasteiger partial charge in [0.15, 0.2) is 9.84 Å². The van der Waals surface area contributed by atoms with Gasteiger partial charge >= 0.3 is 0 Å². The van der Waals surface area contributed by atoms with Crippen molar-refractivity contribution < 1.29 is 13.2 Å². The fourth-order valence-electron chi connectivity index (χ4n) is 4.77. The number of aromatic nitrogens is 2. The van der Waals surface area contributed by atoms with Gasteiger partial charge in [0.05, 0.1) is 22.5 Å². The Labute approximate surface area is 196 Å². The van der Waals surface area contributed by atoms with Crippen molar-refractivity contribution in [3.8, 4) is 0 Å². The predicted molar refractivity (Wildman–Crippen MR) is 133 cm³/mol. The molecule has 33 heavy (non-hydrogen) atoms. The van der Waals surface area contributed by atoms with E-state index in [4.69, 9.17) is 4.98 Å². The molecule has 1 unspecified atom stereocenters. The number of nitrogens with zero attached hydrogens (tertiary/aromatic N) is 2. The van der Waals surface area contributed by atoms with Crippen LogP contribution in [0.4, 0.5) is 5.69 Å². The third kappa shape index (κ3) is 5.13. The highest BCUT2D eigenvalue weighted by Crippen LogP contribution is 2.32. The SMILES string of the molecule is CC(C)c1cccc(C(C)C)c1NC(=O)Cn1c(CC2CCS(=O)(=O)C2)nc2ccccc21. The van der Waals surface area contributed by atoms with E-state index in [0.29, 0.717) is 12.8 Å². The molecule has 3 aromatic rings. The molecular formula is C26H33N3O3S. The maximum atomic E-state index is 13.3. The molecule has 1 atom stereocenters. The summed E-state index contributed by atoms with van der Waals surface area (Å²) in [5.74, 6) is 1.72. The van der Waals surface area contributed by atoms with Gasteiger partial charge in [-0.05, 0) is 47.4 Å². The number of rotatable bonds is 7. The van der Waals surface area contributed by atoms with Gasteiger partial charge in [-0.15, -0.1) is 0 Å². The van der Waals surface area contributed by atoms with Gasteiger partial charge < -0.3 is 9.88 Å². The van der Waals surface area contributed by atoms with Gasteiger partial charge in [-0.1, -0.05) is 58.0 Å². The molecule has 7 heteroatoms. The molecule has 1 amide bonds. The van der Waals surface area contributed by atoms with E-state index >= 15 is 0 Å².